The van der Waals surface area contributed by atoms with Gasteiger partial charge >= 0.3 is 6.36 Å². The van der Waals surface area contributed by atoms with E-state index in [1.165, 1.54) is 5.56 Å². The van der Waals surface area contributed by atoms with Gasteiger partial charge in [-0.1, -0.05) is 30.3 Å². The molecule has 0 unspecified atom stereocenters. The maximum atomic E-state index is 11.8. The van der Waals surface area contributed by atoms with E-state index in [0.29, 0.717) is 0 Å². The summed E-state index contributed by atoms with van der Waals surface area (Å²) in [5.41, 5.74) is 1.01. The highest BCUT2D eigenvalue weighted by atomic mass is 19.4. The zero-order valence-corrected chi connectivity index (χ0v) is 11.3. The molecule has 0 fully saturated rings. The van der Waals surface area contributed by atoms with Crippen molar-refractivity contribution in [2.24, 2.45) is 0 Å². The summed E-state index contributed by atoms with van der Waals surface area (Å²) in [5, 5.41) is 3.08. The zero-order valence-electron chi connectivity index (χ0n) is 11.3. The number of benzene rings is 1. The molecule has 2 nitrogen and oxygen atoms in total. The summed E-state index contributed by atoms with van der Waals surface area (Å²) < 4.78 is 39.1. The molecule has 0 aliphatic carbocycles. The van der Waals surface area contributed by atoms with Crippen LogP contribution in [0.1, 0.15) is 25.8 Å². The Morgan fingerprint density at radius 2 is 1.74 bits per heavy atom. The van der Waals surface area contributed by atoms with Gasteiger partial charge in [-0.15, -0.1) is 13.2 Å². The first-order valence-corrected chi connectivity index (χ1v) is 6.28. The first-order chi connectivity index (χ1) is 8.79. The summed E-state index contributed by atoms with van der Waals surface area (Å²) >= 11 is 0. The normalized spacial score (nSPS) is 12.7. The maximum absolute atomic E-state index is 11.8. The van der Waals surface area contributed by atoms with Gasteiger partial charge in [0.25, 0.3) is 0 Å². The minimum atomic E-state index is -4.55. The van der Waals surface area contributed by atoms with Gasteiger partial charge in [-0.05, 0) is 32.3 Å². The lowest BCUT2D eigenvalue weighted by molar-refractivity contribution is -0.323. The molecule has 1 aromatic carbocycles. The molecule has 0 atom stereocenters. The van der Waals surface area contributed by atoms with Crippen LogP contribution in [0.3, 0.4) is 0 Å². The third-order valence-corrected chi connectivity index (χ3v) is 2.85. The lowest BCUT2D eigenvalue weighted by Crippen LogP contribution is -2.42. The van der Waals surface area contributed by atoms with Gasteiger partial charge < -0.3 is 5.32 Å². The largest absolute Gasteiger partial charge is 0.522 e. The van der Waals surface area contributed by atoms with Crippen LogP contribution in [0.25, 0.3) is 0 Å². The Balaban J connectivity index is 2.24. The van der Waals surface area contributed by atoms with E-state index in [1.807, 2.05) is 44.2 Å². The van der Waals surface area contributed by atoms with Gasteiger partial charge in [0.1, 0.15) is 0 Å². The number of ether oxygens (including phenoxy) is 1. The highest BCUT2D eigenvalue weighted by molar-refractivity contribution is 5.15. The van der Waals surface area contributed by atoms with Crippen molar-refractivity contribution in [1.29, 1.82) is 0 Å². The molecule has 0 aliphatic heterocycles. The van der Waals surface area contributed by atoms with Gasteiger partial charge in [0.05, 0.1) is 6.61 Å². The van der Waals surface area contributed by atoms with Gasteiger partial charge in [0.15, 0.2) is 0 Å². The van der Waals surface area contributed by atoms with Crippen molar-refractivity contribution in [2.75, 3.05) is 13.2 Å². The van der Waals surface area contributed by atoms with Crippen LogP contribution in [0.4, 0.5) is 13.2 Å². The molecule has 108 valence electrons. The summed E-state index contributed by atoms with van der Waals surface area (Å²) in [7, 11) is 0. The molecule has 0 aliphatic rings. The Bertz CT molecular complexity index is 363. The standard InChI is InChI=1S/C14H20F3NO/c1-13(2,18-10-11-19-14(15,16)17)9-8-12-6-4-3-5-7-12/h3-7,18H,8-11H2,1-2H3. The molecular weight excluding hydrogens is 255 g/mol. The van der Waals surface area contributed by atoms with Crippen molar-refractivity contribution < 1.29 is 17.9 Å². The number of alkyl halides is 3. The highest BCUT2D eigenvalue weighted by Gasteiger charge is 2.28. The van der Waals surface area contributed by atoms with Crippen LogP contribution in [0.2, 0.25) is 0 Å². The Labute approximate surface area is 112 Å². The van der Waals surface area contributed by atoms with E-state index in [1.54, 1.807) is 0 Å². The Morgan fingerprint density at radius 1 is 1.11 bits per heavy atom. The molecule has 0 amide bonds. The Hall–Kier alpha value is -1.07. The van der Waals surface area contributed by atoms with Crippen molar-refractivity contribution in [3.8, 4) is 0 Å². The summed E-state index contributed by atoms with van der Waals surface area (Å²) in [6, 6.07) is 10.0. The van der Waals surface area contributed by atoms with E-state index in [2.05, 4.69) is 10.1 Å². The highest BCUT2D eigenvalue weighted by Crippen LogP contribution is 2.16. The Kier molecular flexibility index (Phi) is 5.82. The van der Waals surface area contributed by atoms with Crippen molar-refractivity contribution in [2.45, 2.75) is 38.6 Å². The molecule has 0 saturated heterocycles. The molecule has 0 aromatic heterocycles. The van der Waals surface area contributed by atoms with Crippen LogP contribution >= 0.6 is 0 Å². The van der Waals surface area contributed by atoms with E-state index < -0.39 is 6.36 Å². The zero-order chi connectivity index (χ0) is 14.4. The van der Waals surface area contributed by atoms with E-state index in [-0.39, 0.29) is 18.7 Å². The third-order valence-electron chi connectivity index (χ3n) is 2.85. The molecule has 0 radical (unpaired) electrons. The number of hydrogen-bond donors (Lipinski definition) is 1. The minimum absolute atomic E-state index is 0.182. The van der Waals surface area contributed by atoms with E-state index in [4.69, 9.17) is 0 Å². The average molecular weight is 275 g/mol. The van der Waals surface area contributed by atoms with E-state index in [0.717, 1.165) is 12.8 Å². The quantitative estimate of drug-likeness (QED) is 0.769. The van der Waals surface area contributed by atoms with Crippen molar-refractivity contribution in [1.82, 2.24) is 5.32 Å². The molecule has 0 bridgehead atoms. The van der Waals surface area contributed by atoms with Crippen LogP contribution in [0.5, 0.6) is 0 Å². The molecule has 0 spiro atoms. The summed E-state index contributed by atoms with van der Waals surface area (Å²) in [6.07, 6.45) is -2.81. The average Bonchev–Trinajstić information content (AvgIpc) is 2.33. The van der Waals surface area contributed by atoms with Gasteiger partial charge in [-0.25, -0.2) is 0 Å². The predicted molar refractivity (Wildman–Crippen MR) is 68.9 cm³/mol. The first kappa shape index (κ1) is 16.0. The Morgan fingerprint density at radius 3 is 2.32 bits per heavy atom. The summed E-state index contributed by atoms with van der Waals surface area (Å²) in [5.74, 6) is 0. The van der Waals surface area contributed by atoms with Gasteiger partial charge in [0.2, 0.25) is 0 Å². The van der Waals surface area contributed by atoms with Gasteiger partial charge in [-0.3, -0.25) is 4.74 Å². The van der Waals surface area contributed by atoms with Crippen molar-refractivity contribution in [3.63, 3.8) is 0 Å². The summed E-state index contributed by atoms with van der Waals surface area (Å²) in [6.45, 7) is 3.77. The number of nitrogens with one attached hydrogen (secondary N) is 1. The monoisotopic (exact) mass is 275 g/mol. The van der Waals surface area contributed by atoms with Crippen LogP contribution in [0, 0.1) is 0 Å². The van der Waals surface area contributed by atoms with E-state index in [9.17, 15) is 13.2 Å². The lowest BCUT2D eigenvalue weighted by Gasteiger charge is -2.26. The molecular formula is C14H20F3NO. The maximum Gasteiger partial charge on any atom is 0.522 e. The molecule has 1 aromatic rings. The smallest absolute Gasteiger partial charge is 0.309 e. The van der Waals surface area contributed by atoms with Crippen molar-refractivity contribution >= 4 is 0 Å². The van der Waals surface area contributed by atoms with Gasteiger partial charge in [0, 0.05) is 12.1 Å². The fraction of sp³-hybridized carbons (Fsp3) is 0.571. The van der Waals surface area contributed by atoms with Crippen LogP contribution in [0.15, 0.2) is 30.3 Å². The number of aryl methyl sites for hydroxylation is 1. The third kappa shape index (κ3) is 7.85. The molecule has 5 heteroatoms. The molecule has 1 N–H and O–H groups in total. The fourth-order valence-electron chi connectivity index (χ4n) is 1.75. The van der Waals surface area contributed by atoms with E-state index >= 15 is 0 Å². The van der Waals surface area contributed by atoms with Crippen LogP contribution in [-0.4, -0.2) is 25.1 Å². The second kappa shape index (κ2) is 6.91. The molecule has 19 heavy (non-hydrogen) atoms. The molecule has 1 rings (SSSR count). The van der Waals surface area contributed by atoms with Crippen molar-refractivity contribution in [3.05, 3.63) is 35.9 Å². The lowest BCUT2D eigenvalue weighted by atomic mass is 9.95. The molecule has 0 heterocycles. The minimum Gasteiger partial charge on any atom is -0.309 e. The van der Waals surface area contributed by atoms with Crippen LogP contribution < -0.4 is 5.32 Å². The van der Waals surface area contributed by atoms with Crippen LogP contribution in [-0.2, 0) is 11.2 Å². The number of rotatable bonds is 7. The SMILES string of the molecule is CC(C)(CCc1ccccc1)NCCOC(F)(F)F. The fourth-order valence-corrected chi connectivity index (χ4v) is 1.75. The second-order valence-electron chi connectivity index (χ2n) is 5.09. The first-order valence-electron chi connectivity index (χ1n) is 6.28. The number of halogens is 3. The predicted octanol–water partition coefficient (Wildman–Crippen LogP) is 3.52. The van der Waals surface area contributed by atoms with Gasteiger partial charge in [-0.2, -0.15) is 0 Å². The summed E-state index contributed by atoms with van der Waals surface area (Å²) in [4.78, 5) is 0. The topological polar surface area (TPSA) is 21.3 Å². The second-order valence-corrected chi connectivity index (χ2v) is 5.09. The molecule has 0 saturated carbocycles. The number of hydrogen-bond acceptors (Lipinski definition) is 2.